The van der Waals surface area contributed by atoms with Gasteiger partial charge >= 0.3 is 0 Å². The highest BCUT2D eigenvalue weighted by Crippen LogP contribution is 2.29. The van der Waals surface area contributed by atoms with Gasteiger partial charge in [0.2, 0.25) is 0 Å². The van der Waals surface area contributed by atoms with Crippen molar-refractivity contribution in [3.63, 3.8) is 0 Å². The molecular formula is C14H17BrFN3. The molecule has 0 radical (unpaired) electrons. The molecule has 0 aliphatic carbocycles. The van der Waals surface area contributed by atoms with Gasteiger partial charge in [-0.3, -0.25) is 0 Å². The zero-order valence-electron chi connectivity index (χ0n) is 11.0. The zero-order chi connectivity index (χ0) is 13.8. The number of halogens is 2. The highest BCUT2D eigenvalue weighted by atomic mass is 79.9. The molecule has 102 valence electrons. The number of nitrogens with zero attached hydrogens (tertiary/aromatic N) is 2. The summed E-state index contributed by atoms with van der Waals surface area (Å²) in [6.45, 7) is 2.95. The summed E-state index contributed by atoms with van der Waals surface area (Å²) in [4.78, 5) is 4.37. The first-order valence-electron chi connectivity index (χ1n) is 6.29. The summed E-state index contributed by atoms with van der Waals surface area (Å²) in [6, 6.07) is 4.96. The van der Waals surface area contributed by atoms with E-state index in [2.05, 4.69) is 33.2 Å². The van der Waals surface area contributed by atoms with Crippen molar-refractivity contribution in [2.75, 3.05) is 6.54 Å². The maximum atomic E-state index is 13.7. The summed E-state index contributed by atoms with van der Waals surface area (Å²) in [5.41, 5.74) is 0.864. The van der Waals surface area contributed by atoms with Gasteiger partial charge in [0.1, 0.15) is 11.6 Å². The summed E-state index contributed by atoms with van der Waals surface area (Å²) < 4.78 is 16.1. The molecule has 0 amide bonds. The van der Waals surface area contributed by atoms with Crippen LogP contribution in [0.2, 0.25) is 0 Å². The van der Waals surface area contributed by atoms with Crippen LogP contribution in [0.5, 0.6) is 0 Å². The lowest BCUT2D eigenvalue weighted by atomic mass is 10.1. The lowest BCUT2D eigenvalue weighted by Crippen LogP contribution is -2.26. The summed E-state index contributed by atoms with van der Waals surface area (Å²) >= 11 is 3.33. The quantitative estimate of drug-likeness (QED) is 0.912. The van der Waals surface area contributed by atoms with Gasteiger partial charge in [-0.1, -0.05) is 19.1 Å². The van der Waals surface area contributed by atoms with Gasteiger partial charge in [0.15, 0.2) is 0 Å². The molecule has 19 heavy (non-hydrogen) atoms. The largest absolute Gasteiger partial charge is 0.336 e. The van der Waals surface area contributed by atoms with Crippen LogP contribution in [0.15, 0.2) is 35.1 Å². The predicted molar refractivity (Wildman–Crippen MR) is 77.4 cm³/mol. The van der Waals surface area contributed by atoms with E-state index < -0.39 is 0 Å². The minimum atomic E-state index is -0.255. The predicted octanol–water partition coefficient (Wildman–Crippen LogP) is 3.41. The van der Waals surface area contributed by atoms with Gasteiger partial charge in [0.25, 0.3) is 0 Å². The van der Waals surface area contributed by atoms with Gasteiger partial charge in [-0.05, 0) is 40.5 Å². The van der Waals surface area contributed by atoms with E-state index in [1.807, 2.05) is 23.9 Å². The van der Waals surface area contributed by atoms with Crippen molar-refractivity contribution in [1.82, 2.24) is 14.9 Å². The Balaban J connectivity index is 2.43. The topological polar surface area (TPSA) is 29.9 Å². The van der Waals surface area contributed by atoms with Crippen LogP contribution in [0, 0.1) is 5.82 Å². The molecule has 1 aromatic heterocycles. The van der Waals surface area contributed by atoms with E-state index in [1.165, 1.54) is 6.07 Å². The fourth-order valence-corrected chi connectivity index (χ4v) is 2.52. The van der Waals surface area contributed by atoms with Crippen LogP contribution in [0.4, 0.5) is 4.39 Å². The summed E-state index contributed by atoms with van der Waals surface area (Å²) in [5.74, 6) is 0.620. The SMILES string of the molecule is CCCNC(c1cccc(F)c1Br)c1nccn1C. The lowest BCUT2D eigenvalue weighted by Gasteiger charge is -2.20. The van der Waals surface area contributed by atoms with E-state index in [1.54, 1.807) is 12.3 Å². The average molecular weight is 326 g/mol. The Labute approximate surface area is 121 Å². The molecular weight excluding hydrogens is 309 g/mol. The Morgan fingerprint density at radius 1 is 1.47 bits per heavy atom. The Morgan fingerprint density at radius 3 is 2.89 bits per heavy atom. The lowest BCUT2D eigenvalue weighted by molar-refractivity contribution is 0.546. The highest BCUT2D eigenvalue weighted by molar-refractivity contribution is 9.10. The van der Waals surface area contributed by atoms with Crippen LogP contribution in [0.25, 0.3) is 0 Å². The third-order valence-corrected chi connectivity index (χ3v) is 3.84. The summed E-state index contributed by atoms with van der Waals surface area (Å²) in [6.07, 6.45) is 4.65. The molecule has 1 unspecified atom stereocenters. The van der Waals surface area contributed by atoms with E-state index in [9.17, 15) is 4.39 Å². The minimum Gasteiger partial charge on any atom is -0.336 e. The van der Waals surface area contributed by atoms with Gasteiger partial charge in [-0.2, -0.15) is 0 Å². The number of nitrogens with one attached hydrogen (secondary N) is 1. The van der Waals surface area contributed by atoms with Crippen molar-refractivity contribution in [1.29, 1.82) is 0 Å². The molecule has 0 saturated heterocycles. The standard InChI is InChI=1S/C14H17BrFN3/c1-3-7-17-13(14-18-8-9-19(14)2)10-5-4-6-11(16)12(10)15/h4-6,8-9,13,17H,3,7H2,1-2H3. The Kier molecular flexibility index (Phi) is 4.71. The average Bonchev–Trinajstić information content (AvgIpc) is 2.81. The van der Waals surface area contributed by atoms with E-state index in [-0.39, 0.29) is 11.9 Å². The molecule has 1 atom stereocenters. The molecule has 0 bridgehead atoms. The zero-order valence-corrected chi connectivity index (χ0v) is 12.6. The molecule has 0 aliphatic heterocycles. The van der Waals surface area contributed by atoms with Crippen LogP contribution in [-0.4, -0.2) is 16.1 Å². The van der Waals surface area contributed by atoms with Crippen molar-refractivity contribution in [2.45, 2.75) is 19.4 Å². The van der Waals surface area contributed by atoms with Crippen molar-refractivity contribution in [3.05, 3.63) is 52.3 Å². The number of aryl methyl sites for hydroxylation is 1. The fourth-order valence-electron chi connectivity index (χ4n) is 2.03. The number of imidazole rings is 1. The fraction of sp³-hybridized carbons (Fsp3) is 0.357. The molecule has 5 heteroatoms. The summed E-state index contributed by atoms with van der Waals surface area (Å²) in [7, 11) is 1.94. The van der Waals surface area contributed by atoms with Crippen LogP contribution in [0.1, 0.15) is 30.8 Å². The Hall–Kier alpha value is -1.20. The van der Waals surface area contributed by atoms with Crippen molar-refractivity contribution >= 4 is 15.9 Å². The van der Waals surface area contributed by atoms with Crippen LogP contribution in [0.3, 0.4) is 0 Å². The summed E-state index contributed by atoms with van der Waals surface area (Å²) in [5, 5.41) is 3.42. The second-order valence-electron chi connectivity index (χ2n) is 4.43. The number of hydrogen-bond acceptors (Lipinski definition) is 2. The molecule has 1 aromatic carbocycles. The number of hydrogen-bond donors (Lipinski definition) is 1. The van der Waals surface area contributed by atoms with E-state index in [0.717, 1.165) is 24.4 Å². The van der Waals surface area contributed by atoms with Gasteiger partial charge in [-0.15, -0.1) is 0 Å². The van der Waals surface area contributed by atoms with Gasteiger partial charge in [-0.25, -0.2) is 9.37 Å². The third-order valence-electron chi connectivity index (χ3n) is 3.01. The van der Waals surface area contributed by atoms with Crippen LogP contribution in [-0.2, 0) is 7.05 Å². The highest BCUT2D eigenvalue weighted by Gasteiger charge is 2.21. The molecule has 0 fully saturated rings. The molecule has 2 rings (SSSR count). The molecule has 1 N–H and O–H groups in total. The number of aromatic nitrogens is 2. The first-order valence-corrected chi connectivity index (χ1v) is 7.09. The molecule has 0 spiro atoms. The Morgan fingerprint density at radius 2 is 2.26 bits per heavy atom. The molecule has 2 aromatic rings. The smallest absolute Gasteiger partial charge is 0.137 e. The van der Waals surface area contributed by atoms with E-state index in [4.69, 9.17) is 0 Å². The van der Waals surface area contributed by atoms with Gasteiger partial charge in [0.05, 0.1) is 10.5 Å². The van der Waals surface area contributed by atoms with Crippen molar-refractivity contribution in [2.24, 2.45) is 7.05 Å². The maximum absolute atomic E-state index is 13.7. The molecule has 3 nitrogen and oxygen atoms in total. The molecule has 0 saturated carbocycles. The number of benzene rings is 1. The number of rotatable bonds is 5. The third kappa shape index (κ3) is 3.04. The van der Waals surface area contributed by atoms with E-state index in [0.29, 0.717) is 4.47 Å². The minimum absolute atomic E-state index is 0.120. The van der Waals surface area contributed by atoms with Crippen molar-refractivity contribution in [3.8, 4) is 0 Å². The van der Waals surface area contributed by atoms with Gasteiger partial charge < -0.3 is 9.88 Å². The van der Waals surface area contributed by atoms with Crippen molar-refractivity contribution < 1.29 is 4.39 Å². The normalized spacial score (nSPS) is 12.6. The molecule has 1 heterocycles. The first kappa shape index (κ1) is 14.2. The Bertz CT molecular complexity index is 553. The molecule has 0 aliphatic rings. The monoisotopic (exact) mass is 325 g/mol. The van der Waals surface area contributed by atoms with Gasteiger partial charge in [0, 0.05) is 19.4 Å². The van der Waals surface area contributed by atoms with Crippen LogP contribution < -0.4 is 5.32 Å². The first-order chi connectivity index (χ1) is 9.15. The van der Waals surface area contributed by atoms with Crippen LogP contribution >= 0.6 is 15.9 Å². The second kappa shape index (κ2) is 6.30. The maximum Gasteiger partial charge on any atom is 0.137 e. The second-order valence-corrected chi connectivity index (χ2v) is 5.22. The van der Waals surface area contributed by atoms with E-state index >= 15 is 0 Å².